The molecular formula is C7H4I2O2. The summed E-state index contributed by atoms with van der Waals surface area (Å²) in [6.45, 7) is 0. The van der Waals surface area contributed by atoms with Gasteiger partial charge in [0.25, 0.3) is 0 Å². The van der Waals surface area contributed by atoms with E-state index >= 15 is 0 Å². The summed E-state index contributed by atoms with van der Waals surface area (Å²) in [4.78, 5) is 10.4. The second kappa shape index (κ2) is 3.70. The fourth-order valence-corrected chi connectivity index (χ4v) is 2.21. The van der Waals surface area contributed by atoms with Crippen LogP contribution in [0.1, 0.15) is 10.4 Å². The Morgan fingerprint density at radius 1 is 1.36 bits per heavy atom. The van der Waals surface area contributed by atoms with Gasteiger partial charge in [-0.2, -0.15) is 0 Å². The van der Waals surface area contributed by atoms with Gasteiger partial charge in [-0.25, -0.2) is 0 Å². The highest BCUT2D eigenvalue weighted by Crippen LogP contribution is 2.27. The molecule has 0 aromatic heterocycles. The lowest BCUT2D eigenvalue weighted by molar-refractivity contribution is 0.112. The Morgan fingerprint density at radius 2 is 2.00 bits per heavy atom. The number of halogens is 2. The maximum Gasteiger partial charge on any atom is 0.151 e. The monoisotopic (exact) mass is 374 g/mol. The van der Waals surface area contributed by atoms with E-state index in [-0.39, 0.29) is 5.75 Å². The van der Waals surface area contributed by atoms with Crippen LogP contribution in [0.2, 0.25) is 0 Å². The molecule has 0 saturated heterocycles. The van der Waals surface area contributed by atoms with Crippen LogP contribution in [0, 0.1) is 7.14 Å². The summed E-state index contributed by atoms with van der Waals surface area (Å²) < 4.78 is 1.38. The lowest BCUT2D eigenvalue weighted by Gasteiger charge is -2.01. The van der Waals surface area contributed by atoms with E-state index in [1.54, 1.807) is 12.1 Å². The van der Waals surface area contributed by atoms with Gasteiger partial charge in [-0.05, 0) is 57.3 Å². The van der Waals surface area contributed by atoms with Gasteiger partial charge in [0, 0.05) is 5.56 Å². The van der Waals surface area contributed by atoms with Gasteiger partial charge in [-0.15, -0.1) is 0 Å². The number of phenolic OH excluding ortho intramolecular Hbond substituents is 1. The number of aldehydes is 1. The molecule has 0 unspecified atom stereocenters. The van der Waals surface area contributed by atoms with Crippen LogP contribution in [-0.4, -0.2) is 11.4 Å². The molecule has 0 spiro atoms. The normalized spacial score (nSPS) is 9.64. The van der Waals surface area contributed by atoms with E-state index in [0.29, 0.717) is 9.13 Å². The second-order valence-corrected chi connectivity index (χ2v) is 4.16. The van der Waals surface area contributed by atoms with Crippen LogP contribution in [0.3, 0.4) is 0 Å². The third-order valence-electron chi connectivity index (χ3n) is 1.22. The molecule has 0 radical (unpaired) electrons. The Kier molecular flexibility index (Phi) is 3.11. The second-order valence-electron chi connectivity index (χ2n) is 1.92. The minimum atomic E-state index is 0.191. The predicted molar refractivity (Wildman–Crippen MR) is 58.9 cm³/mol. The fourth-order valence-electron chi connectivity index (χ4n) is 0.648. The minimum Gasteiger partial charge on any atom is -0.506 e. The quantitative estimate of drug-likeness (QED) is 0.606. The van der Waals surface area contributed by atoms with Gasteiger partial charge in [-0.3, -0.25) is 4.79 Å². The van der Waals surface area contributed by atoms with Crippen molar-refractivity contribution in [2.24, 2.45) is 0 Å². The molecular weight excluding hydrogens is 370 g/mol. The third-order valence-corrected chi connectivity index (χ3v) is 3.23. The van der Waals surface area contributed by atoms with Crippen molar-refractivity contribution in [1.82, 2.24) is 0 Å². The topological polar surface area (TPSA) is 37.3 Å². The van der Waals surface area contributed by atoms with Gasteiger partial charge in [-0.1, -0.05) is 0 Å². The van der Waals surface area contributed by atoms with Crippen molar-refractivity contribution in [3.8, 4) is 5.75 Å². The molecule has 1 aromatic rings. The average molecular weight is 374 g/mol. The molecule has 0 amide bonds. The Bertz CT molecular complexity index is 297. The minimum absolute atomic E-state index is 0.191. The molecule has 2 nitrogen and oxygen atoms in total. The van der Waals surface area contributed by atoms with E-state index in [9.17, 15) is 9.90 Å². The number of phenols is 1. The first-order chi connectivity index (χ1) is 5.16. The fraction of sp³-hybridized carbons (Fsp3) is 0. The number of rotatable bonds is 1. The predicted octanol–water partition coefficient (Wildman–Crippen LogP) is 2.41. The van der Waals surface area contributed by atoms with Gasteiger partial charge < -0.3 is 5.11 Å². The molecule has 0 bridgehead atoms. The zero-order chi connectivity index (χ0) is 8.43. The first-order valence-electron chi connectivity index (χ1n) is 2.79. The van der Waals surface area contributed by atoms with Crippen molar-refractivity contribution in [3.63, 3.8) is 0 Å². The first-order valence-corrected chi connectivity index (χ1v) is 4.94. The molecule has 1 aromatic carbocycles. The maximum atomic E-state index is 10.4. The van der Waals surface area contributed by atoms with Crippen molar-refractivity contribution in [2.45, 2.75) is 0 Å². The SMILES string of the molecule is O=Cc1ccc(I)c(O)c1I. The Hall–Kier alpha value is 0.150. The van der Waals surface area contributed by atoms with Crippen molar-refractivity contribution in [1.29, 1.82) is 0 Å². The van der Waals surface area contributed by atoms with Crippen molar-refractivity contribution in [2.75, 3.05) is 0 Å². The standard InChI is InChI=1S/C7H4I2O2/c8-5-2-1-4(3-10)6(9)7(5)11/h1-3,11H. The van der Waals surface area contributed by atoms with E-state index in [0.717, 1.165) is 9.86 Å². The lowest BCUT2D eigenvalue weighted by Crippen LogP contribution is -1.87. The van der Waals surface area contributed by atoms with E-state index in [1.807, 2.05) is 45.2 Å². The van der Waals surface area contributed by atoms with Crippen LogP contribution in [0.25, 0.3) is 0 Å². The summed E-state index contributed by atoms with van der Waals surface area (Å²) in [5.74, 6) is 0.191. The van der Waals surface area contributed by atoms with Gasteiger partial charge in [0.2, 0.25) is 0 Å². The number of hydrogen-bond donors (Lipinski definition) is 1. The number of aromatic hydroxyl groups is 1. The van der Waals surface area contributed by atoms with Crippen molar-refractivity contribution in [3.05, 3.63) is 24.8 Å². The van der Waals surface area contributed by atoms with Gasteiger partial charge in [0.15, 0.2) is 6.29 Å². The summed E-state index contributed by atoms with van der Waals surface area (Å²) >= 11 is 3.96. The molecule has 0 aliphatic heterocycles. The van der Waals surface area contributed by atoms with Crippen LogP contribution in [0.5, 0.6) is 5.75 Å². The molecule has 11 heavy (non-hydrogen) atoms. The van der Waals surface area contributed by atoms with Crippen molar-refractivity contribution < 1.29 is 9.90 Å². The summed E-state index contributed by atoms with van der Waals surface area (Å²) in [7, 11) is 0. The third kappa shape index (κ3) is 1.84. The van der Waals surface area contributed by atoms with Crippen LogP contribution in [0.4, 0.5) is 0 Å². The van der Waals surface area contributed by atoms with E-state index in [4.69, 9.17) is 0 Å². The summed E-state index contributed by atoms with van der Waals surface area (Å²) in [5.41, 5.74) is 0.531. The van der Waals surface area contributed by atoms with Crippen LogP contribution < -0.4 is 0 Å². The molecule has 0 aliphatic rings. The van der Waals surface area contributed by atoms with Gasteiger partial charge >= 0.3 is 0 Å². The highest BCUT2D eigenvalue weighted by Gasteiger charge is 2.06. The van der Waals surface area contributed by atoms with E-state index in [2.05, 4.69) is 0 Å². The molecule has 0 heterocycles. The molecule has 4 heteroatoms. The molecule has 58 valence electrons. The highest BCUT2D eigenvalue weighted by atomic mass is 127. The molecule has 0 saturated carbocycles. The zero-order valence-electron chi connectivity index (χ0n) is 5.34. The van der Waals surface area contributed by atoms with E-state index < -0.39 is 0 Å². The Labute approximate surface area is 91.3 Å². The largest absolute Gasteiger partial charge is 0.506 e. The number of carbonyl (C=O) groups is 1. The number of carbonyl (C=O) groups excluding carboxylic acids is 1. The molecule has 0 fully saturated rings. The number of hydrogen-bond acceptors (Lipinski definition) is 2. The van der Waals surface area contributed by atoms with Crippen molar-refractivity contribution >= 4 is 51.5 Å². The van der Waals surface area contributed by atoms with E-state index in [1.165, 1.54) is 0 Å². The Morgan fingerprint density at radius 3 is 2.55 bits per heavy atom. The zero-order valence-corrected chi connectivity index (χ0v) is 9.66. The first kappa shape index (κ1) is 9.24. The van der Waals surface area contributed by atoms with Crippen LogP contribution in [0.15, 0.2) is 12.1 Å². The molecule has 1 N–H and O–H groups in total. The summed E-state index contributed by atoms with van der Waals surface area (Å²) in [6.07, 6.45) is 0.734. The average Bonchev–Trinajstić information content (AvgIpc) is 2.01. The number of benzene rings is 1. The molecule has 0 atom stereocenters. The molecule has 0 aliphatic carbocycles. The van der Waals surface area contributed by atoms with Crippen LogP contribution >= 0.6 is 45.2 Å². The summed E-state index contributed by atoms with van der Waals surface area (Å²) in [5, 5.41) is 9.34. The smallest absolute Gasteiger partial charge is 0.151 e. The maximum absolute atomic E-state index is 10.4. The van der Waals surface area contributed by atoms with Gasteiger partial charge in [0.1, 0.15) is 5.75 Å². The summed E-state index contributed by atoms with van der Waals surface area (Å²) in [6, 6.07) is 3.40. The molecule has 1 rings (SSSR count). The van der Waals surface area contributed by atoms with Gasteiger partial charge in [0.05, 0.1) is 7.14 Å². The lowest BCUT2D eigenvalue weighted by atomic mass is 10.2. The van der Waals surface area contributed by atoms with Crippen LogP contribution in [-0.2, 0) is 0 Å². The Balaban J connectivity index is 3.36. The highest BCUT2D eigenvalue weighted by molar-refractivity contribution is 14.1.